The SMILES string of the molecule is Cc1nscc1[C@]1(CNC(=O)c2ccccc2-c2ccc(C(F)(F)F)cc2)NC(=O)NC1=O. The molecule has 2 heterocycles. The van der Waals surface area contributed by atoms with E-state index in [0.29, 0.717) is 22.4 Å². The molecule has 2 aromatic carbocycles. The van der Waals surface area contributed by atoms with E-state index in [4.69, 9.17) is 0 Å². The summed E-state index contributed by atoms with van der Waals surface area (Å²) in [4.78, 5) is 37.6. The van der Waals surface area contributed by atoms with E-state index in [1.807, 2.05) is 0 Å². The average molecular weight is 474 g/mol. The number of carbonyl (C=O) groups excluding carboxylic acids is 3. The van der Waals surface area contributed by atoms with Crippen molar-refractivity contribution >= 4 is 29.4 Å². The van der Waals surface area contributed by atoms with Crippen LogP contribution in [0.1, 0.15) is 27.2 Å². The van der Waals surface area contributed by atoms with Crippen LogP contribution in [0.4, 0.5) is 18.0 Å². The molecule has 4 rings (SSSR count). The fourth-order valence-electron chi connectivity index (χ4n) is 3.68. The molecule has 7 nitrogen and oxygen atoms in total. The van der Waals surface area contributed by atoms with Crippen molar-refractivity contribution in [2.75, 3.05) is 6.54 Å². The van der Waals surface area contributed by atoms with Gasteiger partial charge in [-0.1, -0.05) is 30.3 Å². The van der Waals surface area contributed by atoms with Gasteiger partial charge < -0.3 is 10.6 Å². The lowest BCUT2D eigenvalue weighted by Gasteiger charge is -2.26. The Kier molecular flexibility index (Phi) is 5.66. The molecule has 4 amide bonds. The third kappa shape index (κ3) is 4.19. The molecule has 0 aliphatic carbocycles. The van der Waals surface area contributed by atoms with Gasteiger partial charge in [-0.3, -0.25) is 14.9 Å². The van der Waals surface area contributed by atoms with Crippen molar-refractivity contribution in [2.45, 2.75) is 18.6 Å². The molecule has 11 heteroatoms. The average Bonchev–Trinajstić information content (AvgIpc) is 3.34. The van der Waals surface area contributed by atoms with Gasteiger partial charge in [0.05, 0.1) is 17.8 Å². The van der Waals surface area contributed by atoms with Gasteiger partial charge in [0.2, 0.25) is 0 Å². The molecular weight excluding hydrogens is 457 g/mol. The van der Waals surface area contributed by atoms with Gasteiger partial charge in [0.15, 0.2) is 5.54 Å². The molecule has 1 atom stereocenters. The molecule has 170 valence electrons. The van der Waals surface area contributed by atoms with Crippen LogP contribution in [0.2, 0.25) is 0 Å². The Morgan fingerprint density at radius 2 is 1.82 bits per heavy atom. The van der Waals surface area contributed by atoms with Crippen molar-refractivity contribution in [1.29, 1.82) is 0 Å². The minimum absolute atomic E-state index is 0.206. The second kappa shape index (κ2) is 8.32. The van der Waals surface area contributed by atoms with Crippen LogP contribution in [0.3, 0.4) is 0 Å². The summed E-state index contributed by atoms with van der Waals surface area (Å²) < 4.78 is 42.8. The van der Waals surface area contributed by atoms with Crippen LogP contribution >= 0.6 is 11.5 Å². The van der Waals surface area contributed by atoms with Gasteiger partial charge in [-0.15, -0.1) is 0 Å². The molecule has 1 aliphatic rings. The van der Waals surface area contributed by atoms with Crippen LogP contribution < -0.4 is 16.0 Å². The number of rotatable bonds is 5. The summed E-state index contributed by atoms with van der Waals surface area (Å²) in [6.45, 7) is 1.44. The number of imide groups is 1. The summed E-state index contributed by atoms with van der Waals surface area (Å²) in [6, 6.07) is 10.2. The number of benzene rings is 2. The number of aromatic nitrogens is 1. The Morgan fingerprint density at radius 3 is 2.39 bits per heavy atom. The summed E-state index contributed by atoms with van der Waals surface area (Å²) in [5.41, 5.74) is -0.258. The van der Waals surface area contributed by atoms with Crippen LogP contribution in [0.25, 0.3) is 11.1 Å². The normalized spacial score (nSPS) is 18.1. The quantitative estimate of drug-likeness (QED) is 0.492. The minimum Gasteiger partial charge on any atom is -0.349 e. The Balaban J connectivity index is 1.61. The van der Waals surface area contributed by atoms with Crippen molar-refractivity contribution in [3.05, 3.63) is 76.3 Å². The Labute approximate surface area is 190 Å². The highest BCUT2D eigenvalue weighted by molar-refractivity contribution is 7.03. The summed E-state index contributed by atoms with van der Waals surface area (Å²) in [5.74, 6) is -1.17. The van der Waals surface area contributed by atoms with Crippen molar-refractivity contribution < 1.29 is 27.6 Å². The standard InChI is InChI=1S/C22H17F3N4O3S/c1-12-17(10-33-29-12)21(19(31)27-20(32)28-21)11-26-18(30)16-5-3-2-4-15(16)13-6-8-14(9-7-13)22(23,24)25/h2-10H,11H2,1H3,(H,26,30)(H2,27,28,31,32)/t21-/m0/s1. The van der Waals surface area contributed by atoms with Gasteiger partial charge in [-0.05, 0) is 47.8 Å². The first-order chi connectivity index (χ1) is 15.6. The highest BCUT2D eigenvalue weighted by Crippen LogP contribution is 2.32. The first-order valence-corrected chi connectivity index (χ1v) is 10.6. The van der Waals surface area contributed by atoms with Crippen molar-refractivity contribution in [3.8, 4) is 11.1 Å². The number of hydrogen-bond donors (Lipinski definition) is 3. The monoisotopic (exact) mass is 474 g/mol. The number of nitrogens with one attached hydrogen (secondary N) is 3. The smallest absolute Gasteiger partial charge is 0.349 e. The molecule has 33 heavy (non-hydrogen) atoms. The summed E-state index contributed by atoms with van der Waals surface area (Å²) in [6.07, 6.45) is -4.47. The zero-order valence-corrected chi connectivity index (χ0v) is 17.9. The number of aryl methyl sites for hydroxylation is 1. The number of amides is 4. The van der Waals surface area contributed by atoms with Crippen LogP contribution in [0.5, 0.6) is 0 Å². The van der Waals surface area contributed by atoms with Crippen LogP contribution in [0, 0.1) is 6.92 Å². The molecule has 1 aromatic heterocycles. The first kappa shape index (κ1) is 22.5. The lowest BCUT2D eigenvalue weighted by molar-refractivity contribution is -0.137. The predicted molar refractivity (Wildman–Crippen MR) is 114 cm³/mol. The van der Waals surface area contributed by atoms with Crippen molar-refractivity contribution in [1.82, 2.24) is 20.3 Å². The largest absolute Gasteiger partial charge is 0.416 e. The zero-order chi connectivity index (χ0) is 23.8. The summed E-state index contributed by atoms with van der Waals surface area (Å²) in [5, 5.41) is 9.07. The van der Waals surface area contributed by atoms with Gasteiger partial charge >= 0.3 is 12.2 Å². The van der Waals surface area contributed by atoms with E-state index in [2.05, 4.69) is 20.3 Å². The van der Waals surface area contributed by atoms with E-state index in [1.165, 1.54) is 18.2 Å². The maximum atomic E-state index is 13.1. The number of alkyl halides is 3. The van der Waals surface area contributed by atoms with E-state index in [9.17, 15) is 27.6 Å². The highest BCUT2D eigenvalue weighted by Gasteiger charge is 2.49. The molecule has 3 aromatic rings. The Morgan fingerprint density at radius 1 is 1.12 bits per heavy atom. The Hall–Kier alpha value is -3.73. The molecule has 1 fully saturated rings. The molecule has 1 aliphatic heterocycles. The van der Waals surface area contributed by atoms with Gasteiger partial charge in [0, 0.05) is 16.5 Å². The molecule has 0 bridgehead atoms. The second-order valence-electron chi connectivity index (χ2n) is 7.43. The van der Waals surface area contributed by atoms with Gasteiger partial charge in [0.1, 0.15) is 0 Å². The van der Waals surface area contributed by atoms with Crippen molar-refractivity contribution in [2.24, 2.45) is 0 Å². The lowest BCUT2D eigenvalue weighted by atomic mass is 9.90. The van der Waals surface area contributed by atoms with Crippen LogP contribution in [-0.2, 0) is 16.5 Å². The number of hydrogen-bond acceptors (Lipinski definition) is 5. The second-order valence-corrected chi connectivity index (χ2v) is 8.06. The molecule has 0 saturated carbocycles. The molecule has 0 unspecified atom stereocenters. The lowest BCUT2D eigenvalue weighted by Crippen LogP contribution is -2.52. The van der Waals surface area contributed by atoms with Gasteiger partial charge in [0.25, 0.3) is 11.8 Å². The molecule has 0 spiro atoms. The predicted octanol–water partition coefficient (Wildman–Crippen LogP) is 3.60. The summed E-state index contributed by atoms with van der Waals surface area (Å²) >= 11 is 1.11. The van der Waals surface area contributed by atoms with E-state index in [1.54, 1.807) is 30.5 Å². The maximum absolute atomic E-state index is 13.1. The first-order valence-electron chi connectivity index (χ1n) is 9.72. The molecule has 1 saturated heterocycles. The zero-order valence-electron chi connectivity index (χ0n) is 17.1. The van der Waals surface area contributed by atoms with Crippen LogP contribution in [0.15, 0.2) is 53.9 Å². The maximum Gasteiger partial charge on any atom is 0.416 e. The number of nitrogens with zero attached hydrogens (tertiary/aromatic N) is 1. The third-order valence-electron chi connectivity index (χ3n) is 5.36. The van der Waals surface area contributed by atoms with E-state index >= 15 is 0 Å². The van der Waals surface area contributed by atoms with Gasteiger partial charge in [-0.25, -0.2) is 4.79 Å². The van der Waals surface area contributed by atoms with Gasteiger partial charge in [-0.2, -0.15) is 17.5 Å². The number of urea groups is 1. The highest BCUT2D eigenvalue weighted by atomic mass is 32.1. The van der Waals surface area contributed by atoms with Crippen molar-refractivity contribution in [3.63, 3.8) is 0 Å². The molecule has 0 radical (unpaired) electrons. The Bertz CT molecular complexity index is 1240. The van der Waals surface area contributed by atoms with E-state index < -0.39 is 35.1 Å². The minimum atomic E-state index is -4.47. The fourth-order valence-corrected chi connectivity index (χ4v) is 4.47. The number of halogens is 3. The van der Waals surface area contributed by atoms with E-state index in [-0.39, 0.29) is 12.1 Å². The summed E-state index contributed by atoms with van der Waals surface area (Å²) in [7, 11) is 0. The topological polar surface area (TPSA) is 100 Å². The number of carbonyl (C=O) groups is 3. The molecular formula is C22H17F3N4O3S. The van der Waals surface area contributed by atoms with E-state index in [0.717, 1.165) is 23.7 Å². The fraction of sp³-hybridized carbons (Fsp3) is 0.182. The third-order valence-corrected chi connectivity index (χ3v) is 6.08. The van der Waals surface area contributed by atoms with Crippen LogP contribution in [-0.4, -0.2) is 28.8 Å². The molecule has 3 N–H and O–H groups in total.